The molecule has 0 heterocycles. The van der Waals surface area contributed by atoms with Gasteiger partial charge in [0.25, 0.3) is 15.7 Å². The van der Waals surface area contributed by atoms with E-state index >= 15 is 0 Å². The van der Waals surface area contributed by atoms with Crippen LogP contribution in [0.25, 0.3) is 0 Å². The lowest BCUT2D eigenvalue weighted by molar-refractivity contribution is -0.385. The fourth-order valence-corrected chi connectivity index (χ4v) is 5.56. The third-order valence-electron chi connectivity index (χ3n) is 6.22. The largest absolute Gasteiger partial charge is 0.416 e. The van der Waals surface area contributed by atoms with Crippen LogP contribution < -0.4 is 4.31 Å². The summed E-state index contributed by atoms with van der Waals surface area (Å²) in [4.78, 5) is 24.6. The number of nitro groups is 1. The van der Waals surface area contributed by atoms with Crippen molar-refractivity contribution in [2.45, 2.75) is 56.1 Å². The number of amides is 1. The lowest BCUT2D eigenvalue weighted by Crippen LogP contribution is -2.46. The van der Waals surface area contributed by atoms with E-state index in [4.69, 9.17) is 0 Å². The van der Waals surface area contributed by atoms with E-state index in [1.165, 1.54) is 17.9 Å². The van der Waals surface area contributed by atoms with Crippen LogP contribution in [0.4, 0.5) is 24.5 Å². The molecule has 0 unspecified atom stereocenters. The maximum absolute atomic E-state index is 13.6. The van der Waals surface area contributed by atoms with E-state index in [-0.39, 0.29) is 17.3 Å². The molecule has 35 heavy (non-hydrogen) atoms. The molecule has 12 heteroatoms. The summed E-state index contributed by atoms with van der Waals surface area (Å²) in [6.07, 6.45) is -0.353. The summed E-state index contributed by atoms with van der Waals surface area (Å²) in [5.74, 6) is -0.584. The van der Waals surface area contributed by atoms with Crippen molar-refractivity contribution in [3.8, 4) is 0 Å². The lowest BCUT2D eigenvalue weighted by atomic mass is 9.94. The Morgan fingerprint density at radius 1 is 1.11 bits per heavy atom. The second-order valence-corrected chi connectivity index (χ2v) is 10.4. The summed E-state index contributed by atoms with van der Waals surface area (Å²) >= 11 is 0. The average Bonchev–Trinajstić information content (AvgIpc) is 2.81. The maximum Gasteiger partial charge on any atom is 0.416 e. The van der Waals surface area contributed by atoms with E-state index < -0.39 is 49.7 Å². The first-order valence-corrected chi connectivity index (χ1v) is 12.5. The molecule has 0 bridgehead atoms. The molecule has 8 nitrogen and oxygen atoms in total. The van der Waals surface area contributed by atoms with Gasteiger partial charge >= 0.3 is 6.18 Å². The van der Waals surface area contributed by atoms with Crippen LogP contribution in [0.2, 0.25) is 0 Å². The molecule has 2 aromatic rings. The van der Waals surface area contributed by atoms with Gasteiger partial charge in [-0.05, 0) is 44.0 Å². The van der Waals surface area contributed by atoms with Crippen molar-refractivity contribution in [1.82, 2.24) is 4.90 Å². The molecule has 0 radical (unpaired) electrons. The highest BCUT2D eigenvalue weighted by atomic mass is 32.2. The first-order chi connectivity index (χ1) is 16.3. The first-order valence-electron chi connectivity index (χ1n) is 11.0. The molecule has 1 aliphatic carbocycles. The van der Waals surface area contributed by atoms with Gasteiger partial charge < -0.3 is 4.90 Å². The Morgan fingerprint density at radius 3 is 2.37 bits per heavy atom. The highest BCUT2D eigenvalue weighted by molar-refractivity contribution is 7.92. The fraction of sp³-hybridized carbons (Fsp3) is 0.435. The highest BCUT2D eigenvalue weighted by Crippen LogP contribution is 2.34. The quantitative estimate of drug-likeness (QED) is 0.387. The molecule has 0 saturated heterocycles. The van der Waals surface area contributed by atoms with Crippen LogP contribution in [0.3, 0.4) is 0 Å². The van der Waals surface area contributed by atoms with E-state index in [0.717, 1.165) is 62.4 Å². The van der Waals surface area contributed by atoms with Gasteiger partial charge in [-0.25, -0.2) is 8.42 Å². The predicted molar refractivity (Wildman–Crippen MR) is 123 cm³/mol. The number of aryl methyl sites for hydroxylation is 1. The van der Waals surface area contributed by atoms with Crippen LogP contribution in [-0.4, -0.2) is 43.8 Å². The summed E-state index contributed by atoms with van der Waals surface area (Å²) in [5, 5.41) is 11.3. The molecule has 0 aromatic heterocycles. The molecule has 3 rings (SSSR count). The minimum atomic E-state index is -4.74. The van der Waals surface area contributed by atoms with E-state index in [2.05, 4.69) is 0 Å². The van der Waals surface area contributed by atoms with Crippen molar-refractivity contribution >= 4 is 27.3 Å². The smallest absolute Gasteiger partial charge is 0.341 e. The van der Waals surface area contributed by atoms with Crippen LogP contribution in [0.15, 0.2) is 47.4 Å². The monoisotopic (exact) mass is 513 g/mol. The first kappa shape index (κ1) is 26.5. The van der Waals surface area contributed by atoms with Gasteiger partial charge in [0, 0.05) is 24.7 Å². The number of nitrogens with zero attached hydrogens (tertiary/aromatic N) is 3. The zero-order valence-corrected chi connectivity index (χ0v) is 20.1. The Bertz CT molecular complexity index is 1210. The van der Waals surface area contributed by atoms with Gasteiger partial charge in [-0.15, -0.1) is 0 Å². The normalized spacial score (nSPS) is 15.0. The van der Waals surface area contributed by atoms with Gasteiger partial charge in [-0.3, -0.25) is 19.2 Å². The molecule has 0 N–H and O–H groups in total. The second kappa shape index (κ2) is 10.2. The summed E-state index contributed by atoms with van der Waals surface area (Å²) in [6, 6.07) is 6.77. The SMILES string of the molecule is Cc1ccc(S(=O)(=O)N(CC(=O)N(C)C2CCCCC2)c2cccc(C(F)(F)F)c2)cc1[N+](=O)[O-]. The third-order valence-corrected chi connectivity index (χ3v) is 7.99. The Hall–Kier alpha value is -3.15. The van der Waals surface area contributed by atoms with Crippen molar-refractivity contribution in [1.29, 1.82) is 0 Å². The Kier molecular flexibility index (Phi) is 7.73. The predicted octanol–water partition coefficient (Wildman–Crippen LogP) is 4.91. The number of carbonyl (C=O) groups excluding carboxylic acids is 1. The number of hydrogen-bond donors (Lipinski definition) is 0. The zero-order valence-electron chi connectivity index (χ0n) is 19.3. The van der Waals surface area contributed by atoms with Gasteiger partial charge in [0.05, 0.1) is 21.1 Å². The van der Waals surface area contributed by atoms with Gasteiger partial charge in [0.1, 0.15) is 6.54 Å². The molecular formula is C23H26F3N3O5S. The third kappa shape index (κ3) is 5.92. The molecule has 1 fully saturated rings. The fourth-order valence-electron chi connectivity index (χ4n) is 4.13. The van der Waals surface area contributed by atoms with E-state index in [9.17, 15) is 36.5 Å². The van der Waals surface area contributed by atoms with Crippen molar-refractivity contribution in [3.63, 3.8) is 0 Å². The number of carbonyl (C=O) groups is 1. The number of benzene rings is 2. The van der Waals surface area contributed by atoms with Gasteiger partial charge in [0.2, 0.25) is 5.91 Å². The molecule has 1 amide bonds. The number of sulfonamides is 1. The average molecular weight is 514 g/mol. The van der Waals surface area contributed by atoms with E-state index in [1.807, 2.05) is 0 Å². The van der Waals surface area contributed by atoms with Crippen LogP contribution in [0.1, 0.15) is 43.2 Å². The number of hydrogen-bond acceptors (Lipinski definition) is 5. The van der Waals surface area contributed by atoms with Crippen LogP contribution in [-0.2, 0) is 21.0 Å². The van der Waals surface area contributed by atoms with Gasteiger partial charge in [0.15, 0.2) is 0 Å². The topological polar surface area (TPSA) is 101 Å². The summed E-state index contributed by atoms with van der Waals surface area (Å²) in [7, 11) is -3.09. The van der Waals surface area contributed by atoms with Crippen LogP contribution >= 0.6 is 0 Å². The lowest BCUT2D eigenvalue weighted by Gasteiger charge is -2.33. The summed E-state index contributed by atoms with van der Waals surface area (Å²) < 4.78 is 67.8. The van der Waals surface area contributed by atoms with Crippen molar-refractivity contribution in [3.05, 3.63) is 63.7 Å². The minimum Gasteiger partial charge on any atom is -0.341 e. The Morgan fingerprint density at radius 2 is 1.77 bits per heavy atom. The van der Waals surface area contributed by atoms with Gasteiger partial charge in [-0.1, -0.05) is 31.4 Å². The number of anilines is 1. The number of likely N-dealkylation sites (N-methyl/N-ethyl adjacent to an activating group) is 1. The van der Waals surface area contributed by atoms with E-state index in [1.54, 1.807) is 7.05 Å². The number of alkyl halides is 3. The van der Waals surface area contributed by atoms with Gasteiger partial charge in [-0.2, -0.15) is 13.2 Å². The standard InChI is InChI=1S/C23H26F3N3O5S/c1-16-11-12-20(14-21(16)29(31)32)35(33,34)28(19-10-6-7-17(13-19)23(24,25)26)15-22(30)27(2)18-8-4-3-5-9-18/h6-7,10-14,18H,3-5,8-9,15H2,1-2H3. The molecule has 0 atom stereocenters. The molecule has 2 aromatic carbocycles. The van der Waals surface area contributed by atoms with Crippen molar-refractivity contribution < 1.29 is 31.3 Å². The van der Waals surface area contributed by atoms with Crippen molar-refractivity contribution in [2.75, 3.05) is 17.9 Å². The molecule has 0 spiro atoms. The Balaban J connectivity index is 2.07. The molecule has 0 aliphatic heterocycles. The van der Waals surface area contributed by atoms with Crippen LogP contribution in [0, 0.1) is 17.0 Å². The number of nitro benzene ring substituents is 1. The maximum atomic E-state index is 13.6. The molecule has 1 aliphatic rings. The number of rotatable bonds is 7. The molecular weight excluding hydrogens is 487 g/mol. The zero-order chi connectivity index (χ0) is 26.0. The van der Waals surface area contributed by atoms with E-state index in [0.29, 0.717) is 10.4 Å². The van der Waals surface area contributed by atoms with Crippen molar-refractivity contribution in [2.24, 2.45) is 0 Å². The summed E-state index contributed by atoms with van der Waals surface area (Å²) in [5.41, 5.74) is -1.69. The summed E-state index contributed by atoms with van der Waals surface area (Å²) in [6.45, 7) is 0.681. The second-order valence-electron chi connectivity index (χ2n) is 8.56. The molecule has 1 saturated carbocycles. The minimum absolute atomic E-state index is 0.0947. The highest BCUT2D eigenvalue weighted by Gasteiger charge is 2.35. The Labute approximate surface area is 201 Å². The number of halogens is 3. The molecule has 190 valence electrons. The van der Waals surface area contributed by atoms with Crippen LogP contribution in [0.5, 0.6) is 0 Å².